The molecule has 4 nitrogen and oxygen atoms in total. The van der Waals surface area contributed by atoms with Crippen molar-refractivity contribution in [2.45, 2.75) is 39.5 Å². The van der Waals surface area contributed by atoms with Crippen LogP contribution >= 0.6 is 0 Å². The van der Waals surface area contributed by atoms with Gasteiger partial charge in [0.05, 0.1) is 0 Å². The third kappa shape index (κ3) is 6.42. The summed E-state index contributed by atoms with van der Waals surface area (Å²) in [4.78, 5) is 11.0. The summed E-state index contributed by atoms with van der Waals surface area (Å²) in [6.07, 6.45) is 0. The molecular formula is C20H25NO3. The average Bonchev–Trinajstić information content (AvgIpc) is 2.54. The Balaban J connectivity index is 1.76. The Kier molecular flexibility index (Phi) is 6.38. The summed E-state index contributed by atoms with van der Waals surface area (Å²) >= 11 is 0. The fourth-order valence-electron chi connectivity index (χ4n) is 2.38. The second kappa shape index (κ2) is 8.50. The van der Waals surface area contributed by atoms with Crippen molar-refractivity contribution in [3.05, 3.63) is 65.7 Å². The Hall–Kier alpha value is -2.33. The van der Waals surface area contributed by atoms with Crippen molar-refractivity contribution < 1.29 is 14.3 Å². The van der Waals surface area contributed by atoms with Crippen molar-refractivity contribution in [2.24, 2.45) is 0 Å². The van der Waals surface area contributed by atoms with Gasteiger partial charge in [0.15, 0.2) is 0 Å². The third-order valence-electron chi connectivity index (χ3n) is 3.47. The molecule has 0 aromatic heterocycles. The van der Waals surface area contributed by atoms with E-state index < -0.39 is 5.60 Å². The van der Waals surface area contributed by atoms with Gasteiger partial charge in [-0.15, -0.1) is 0 Å². The molecule has 2 aromatic rings. The minimum Gasteiger partial charge on any atom is -0.489 e. The van der Waals surface area contributed by atoms with Crippen LogP contribution in [-0.2, 0) is 22.7 Å². The Bertz CT molecular complexity index is 636. The van der Waals surface area contributed by atoms with Gasteiger partial charge in [-0.3, -0.25) is 4.79 Å². The Morgan fingerprint density at radius 1 is 1.00 bits per heavy atom. The average molecular weight is 327 g/mol. The van der Waals surface area contributed by atoms with Crippen LogP contribution in [0.25, 0.3) is 0 Å². The van der Waals surface area contributed by atoms with Gasteiger partial charge in [0, 0.05) is 20.0 Å². The lowest BCUT2D eigenvalue weighted by Crippen LogP contribution is -2.38. The van der Waals surface area contributed by atoms with E-state index in [2.05, 4.69) is 5.32 Å². The maximum absolute atomic E-state index is 11.0. The van der Waals surface area contributed by atoms with Crippen LogP contribution in [0.4, 0.5) is 0 Å². The molecule has 0 fully saturated rings. The van der Waals surface area contributed by atoms with Crippen LogP contribution in [-0.4, -0.2) is 18.1 Å². The number of rotatable bonds is 8. The van der Waals surface area contributed by atoms with E-state index in [9.17, 15) is 4.79 Å². The van der Waals surface area contributed by atoms with Crippen LogP contribution in [0.1, 0.15) is 31.9 Å². The van der Waals surface area contributed by atoms with Crippen molar-refractivity contribution in [2.75, 3.05) is 6.54 Å². The van der Waals surface area contributed by atoms with Gasteiger partial charge in [0.25, 0.3) is 0 Å². The molecule has 0 atom stereocenters. The lowest BCUT2D eigenvalue weighted by molar-refractivity contribution is -0.153. The fraction of sp³-hybridized carbons (Fsp3) is 0.350. The van der Waals surface area contributed by atoms with E-state index >= 15 is 0 Å². The maximum Gasteiger partial charge on any atom is 0.303 e. The minimum atomic E-state index is -0.509. The lowest BCUT2D eigenvalue weighted by Gasteiger charge is -2.24. The standard InChI is InChI=1S/C20H25NO3/c1-16(22)24-20(2,3)15-21-13-17-9-11-19(12-10-17)23-14-18-7-5-4-6-8-18/h4-12,21H,13-15H2,1-3H3. The number of carbonyl (C=O) groups is 1. The molecular weight excluding hydrogens is 302 g/mol. The second-order valence-corrected chi connectivity index (χ2v) is 6.38. The summed E-state index contributed by atoms with van der Waals surface area (Å²) in [5, 5.41) is 3.31. The molecule has 1 N–H and O–H groups in total. The molecule has 0 saturated heterocycles. The maximum atomic E-state index is 11.0. The van der Waals surface area contributed by atoms with Crippen LogP contribution in [0.15, 0.2) is 54.6 Å². The lowest BCUT2D eigenvalue weighted by atomic mass is 10.1. The molecule has 4 heteroatoms. The molecule has 0 heterocycles. The SMILES string of the molecule is CC(=O)OC(C)(C)CNCc1ccc(OCc2ccccc2)cc1. The number of carbonyl (C=O) groups excluding carboxylic acids is 1. The van der Waals surface area contributed by atoms with Crippen molar-refractivity contribution in [1.29, 1.82) is 0 Å². The van der Waals surface area contributed by atoms with Gasteiger partial charge in [-0.2, -0.15) is 0 Å². The van der Waals surface area contributed by atoms with E-state index in [0.717, 1.165) is 16.9 Å². The van der Waals surface area contributed by atoms with Crippen molar-refractivity contribution in [1.82, 2.24) is 5.32 Å². The minimum absolute atomic E-state index is 0.262. The molecule has 0 saturated carbocycles. The molecule has 0 spiro atoms. The summed E-state index contributed by atoms with van der Waals surface area (Å²) in [5.74, 6) is 0.588. The van der Waals surface area contributed by atoms with Crippen molar-refractivity contribution in [3.8, 4) is 5.75 Å². The molecule has 0 bridgehead atoms. The highest BCUT2D eigenvalue weighted by atomic mass is 16.6. The van der Waals surface area contributed by atoms with Gasteiger partial charge >= 0.3 is 5.97 Å². The van der Waals surface area contributed by atoms with Crippen LogP contribution in [0.2, 0.25) is 0 Å². The second-order valence-electron chi connectivity index (χ2n) is 6.38. The number of benzene rings is 2. The first-order valence-corrected chi connectivity index (χ1v) is 8.10. The van der Waals surface area contributed by atoms with Crippen LogP contribution in [0.5, 0.6) is 5.75 Å². The zero-order valence-corrected chi connectivity index (χ0v) is 14.5. The predicted molar refractivity (Wildman–Crippen MR) is 94.8 cm³/mol. The molecule has 0 unspecified atom stereocenters. The number of esters is 1. The van der Waals surface area contributed by atoms with Crippen LogP contribution in [0.3, 0.4) is 0 Å². The zero-order valence-electron chi connectivity index (χ0n) is 14.5. The van der Waals surface area contributed by atoms with E-state index in [-0.39, 0.29) is 5.97 Å². The van der Waals surface area contributed by atoms with E-state index in [4.69, 9.17) is 9.47 Å². The normalized spacial score (nSPS) is 11.1. The smallest absolute Gasteiger partial charge is 0.303 e. The number of ether oxygens (including phenoxy) is 2. The Morgan fingerprint density at radius 2 is 1.67 bits per heavy atom. The number of nitrogens with one attached hydrogen (secondary N) is 1. The Labute approximate surface area is 143 Å². The van der Waals surface area contributed by atoms with E-state index in [1.54, 1.807) is 0 Å². The van der Waals surface area contributed by atoms with Gasteiger partial charge in [-0.05, 0) is 37.1 Å². The monoisotopic (exact) mass is 327 g/mol. The summed E-state index contributed by atoms with van der Waals surface area (Å²) in [6, 6.07) is 18.1. The zero-order chi connectivity index (χ0) is 17.4. The molecule has 2 aromatic carbocycles. The van der Waals surface area contributed by atoms with Gasteiger partial charge in [-0.1, -0.05) is 42.5 Å². The topological polar surface area (TPSA) is 47.6 Å². The van der Waals surface area contributed by atoms with Crippen molar-refractivity contribution in [3.63, 3.8) is 0 Å². The molecule has 0 aliphatic heterocycles. The highest BCUT2D eigenvalue weighted by molar-refractivity contribution is 5.66. The number of hydrogen-bond donors (Lipinski definition) is 1. The van der Waals surface area contributed by atoms with Gasteiger partial charge in [-0.25, -0.2) is 0 Å². The molecule has 0 aliphatic carbocycles. The third-order valence-corrected chi connectivity index (χ3v) is 3.47. The van der Waals surface area contributed by atoms with E-state index in [1.807, 2.05) is 68.4 Å². The van der Waals surface area contributed by atoms with Crippen molar-refractivity contribution >= 4 is 5.97 Å². The van der Waals surface area contributed by atoms with Gasteiger partial charge in [0.2, 0.25) is 0 Å². The molecule has 24 heavy (non-hydrogen) atoms. The van der Waals surface area contributed by atoms with Gasteiger partial charge in [0.1, 0.15) is 18.0 Å². The highest BCUT2D eigenvalue weighted by Gasteiger charge is 2.20. The first-order chi connectivity index (χ1) is 11.4. The summed E-state index contributed by atoms with van der Waals surface area (Å²) in [7, 11) is 0. The van der Waals surface area contributed by atoms with E-state index in [1.165, 1.54) is 6.92 Å². The summed E-state index contributed by atoms with van der Waals surface area (Å²) in [6.45, 7) is 7.08. The molecule has 128 valence electrons. The molecule has 0 aliphatic rings. The molecule has 2 rings (SSSR count). The Morgan fingerprint density at radius 3 is 2.29 bits per heavy atom. The first-order valence-electron chi connectivity index (χ1n) is 8.10. The van der Waals surface area contributed by atoms with Crippen LogP contribution < -0.4 is 10.1 Å². The fourth-order valence-corrected chi connectivity index (χ4v) is 2.38. The number of hydrogen-bond acceptors (Lipinski definition) is 4. The first kappa shape index (κ1) is 18.0. The largest absolute Gasteiger partial charge is 0.489 e. The quantitative estimate of drug-likeness (QED) is 0.751. The molecule has 0 radical (unpaired) electrons. The summed E-state index contributed by atoms with van der Waals surface area (Å²) in [5.41, 5.74) is 1.79. The van der Waals surface area contributed by atoms with Gasteiger partial charge < -0.3 is 14.8 Å². The summed E-state index contributed by atoms with van der Waals surface area (Å²) < 4.78 is 11.0. The highest BCUT2D eigenvalue weighted by Crippen LogP contribution is 2.15. The van der Waals surface area contributed by atoms with Crippen LogP contribution in [0, 0.1) is 0 Å². The van der Waals surface area contributed by atoms with E-state index in [0.29, 0.717) is 19.7 Å². The molecule has 0 amide bonds. The predicted octanol–water partition coefficient (Wildman–Crippen LogP) is 3.70.